The lowest BCUT2D eigenvalue weighted by Gasteiger charge is -2.23. The fraction of sp³-hybridized carbons (Fsp3) is 0.579. The van der Waals surface area contributed by atoms with E-state index in [1.807, 2.05) is 13.8 Å². The zero-order chi connectivity index (χ0) is 19.9. The van der Waals surface area contributed by atoms with Crippen LogP contribution >= 0.6 is 0 Å². The number of nitrogens with two attached hydrogens (primary N) is 1. The van der Waals surface area contributed by atoms with E-state index in [1.54, 1.807) is 19.9 Å². The third-order valence-corrected chi connectivity index (χ3v) is 4.29. The summed E-state index contributed by atoms with van der Waals surface area (Å²) in [7, 11) is 0. The van der Waals surface area contributed by atoms with Gasteiger partial charge in [-0.05, 0) is 43.9 Å². The molecule has 1 aromatic carbocycles. The van der Waals surface area contributed by atoms with Gasteiger partial charge < -0.3 is 25.4 Å². The molecular weight excluding hydrogens is 338 g/mol. The van der Waals surface area contributed by atoms with Crippen LogP contribution in [0.4, 0.5) is 0 Å². The number of carbonyl (C=O) groups excluding carboxylic acids is 2. The Balaban J connectivity index is 2.51. The van der Waals surface area contributed by atoms with Crippen molar-refractivity contribution in [2.45, 2.75) is 65.2 Å². The Morgan fingerprint density at radius 2 is 1.69 bits per heavy atom. The van der Waals surface area contributed by atoms with Gasteiger partial charge in [0.15, 0.2) is 11.5 Å². The molecule has 0 aromatic heterocycles. The van der Waals surface area contributed by atoms with E-state index < -0.39 is 24.2 Å². The number of rotatable bonds is 9. The summed E-state index contributed by atoms with van der Waals surface area (Å²) in [5.41, 5.74) is 6.43. The first-order valence-electron chi connectivity index (χ1n) is 8.80. The van der Waals surface area contributed by atoms with Crippen molar-refractivity contribution in [1.29, 1.82) is 0 Å². The van der Waals surface area contributed by atoms with Crippen molar-refractivity contribution >= 4 is 11.9 Å². The van der Waals surface area contributed by atoms with Crippen LogP contribution in [0, 0.1) is 5.92 Å². The molecule has 0 radical (unpaired) electrons. The molecule has 0 saturated carbocycles. The summed E-state index contributed by atoms with van der Waals surface area (Å²) in [6.07, 6.45) is 0.130. The average Bonchev–Trinajstić information content (AvgIpc) is 2.57. The first kappa shape index (κ1) is 21.8. The van der Waals surface area contributed by atoms with Gasteiger partial charge in [0.1, 0.15) is 18.2 Å². The first-order valence-corrected chi connectivity index (χ1v) is 8.80. The third-order valence-electron chi connectivity index (χ3n) is 4.29. The van der Waals surface area contributed by atoms with Crippen LogP contribution in [0.15, 0.2) is 18.2 Å². The highest BCUT2D eigenvalue weighted by atomic mass is 16.6. The van der Waals surface area contributed by atoms with Gasteiger partial charge in [-0.2, -0.15) is 0 Å². The minimum Gasteiger partial charge on any atom is -0.504 e. The number of phenols is 2. The number of hydrogen-bond donors (Lipinski definition) is 3. The Labute approximate surface area is 154 Å². The Hall–Kier alpha value is -2.28. The van der Waals surface area contributed by atoms with Crippen LogP contribution in [-0.4, -0.2) is 40.4 Å². The number of carbonyl (C=O) groups is 2. The van der Waals surface area contributed by atoms with Crippen LogP contribution in [0.1, 0.15) is 46.1 Å². The van der Waals surface area contributed by atoms with Crippen LogP contribution in [0.3, 0.4) is 0 Å². The lowest BCUT2D eigenvalue weighted by Crippen LogP contribution is -2.39. The van der Waals surface area contributed by atoms with Crippen molar-refractivity contribution in [3.63, 3.8) is 0 Å². The normalized spacial score (nSPS) is 15.6. The number of esters is 2. The maximum absolute atomic E-state index is 12.1. The topological polar surface area (TPSA) is 119 Å². The van der Waals surface area contributed by atoms with E-state index in [4.69, 9.17) is 15.2 Å². The molecule has 1 aromatic rings. The maximum atomic E-state index is 12.1. The molecule has 146 valence electrons. The zero-order valence-electron chi connectivity index (χ0n) is 15.8. The Morgan fingerprint density at radius 1 is 1.08 bits per heavy atom. The summed E-state index contributed by atoms with van der Waals surface area (Å²) in [4.78, 5) is 23.9. The molecule has 4 N–H and O–H groups in total. The van der Waals surface area contributed by atoms with Gasteiger partial charge in [-0.3, -0.25) is 9.59 Å². The van der Waals surface area contributed by atoms with Gasteiger partial charge in [0.25, 0.3) is 0 Å². The molecule has 0 amide bonds. The summed E-state index contributed by atoms with van der Waals surface area (Å²) in [5.74, 6) is -1.24. The van der Waals surface area contributed by atoms with Crippen molar-refractivity contribution in [3.8, 4) is 11.5 Å². The average molecular weight is 367 g/mol. The van der Waals surface area contributed by atoms with E-state index in [-0.39, 0.29) is 29.8 Å². The van der Waals surface area contributed by atoms with Crippen molar-refractivity contribution < 1.29 is 29.3 Å². The maximum Gasteiger partial charge on any atom is 0.323 e. The highest BCUT2D eigenvalue weighted by Gasteiger charge is 2.24. The lowest BCUT2D eigenvalue weighted by molar-refractivity contribution is -0.166. The van der Waals surface area contributed by atoms with Crippen LogP contribution in [0.2, 0.25) is 0 Å². The molecule has 26 heavy (non-hydrogen) atoms. The molecule has 1 rings (SSSR count). The van der Waals surface area contributed by atoms with Crippen LogP contribution in [0.25, 0.3) is 0 Å². The largest absolute Gasteiger partial charge is 0.504 e. The van der Waals surface area contributed by atoms with Gasteiger partial charge in [-0.25, -0.2) is 0 Å². The highest BCUT2D eigenvalue weighted by molar-refractivity contribution is 5.76. The van der Waals surface area contributed by atoms with E-state index in [0.717, 1.165) is 6.42 Å². The van der Waals surface area contributed by atoms with Crippen LogP contribution < -0.4 is 5.73 Å². The van der Waals surface area contributed by atoms with E-state index in [0.29, 0.717) is 12.0 Å². The number of phenolic OH excluding ortho intramolecular Hbond substituents is 2. The molecular formula is C19H29NO6. The standard InChI is InChI=1S/C19H29NO6/c1-5-11(2)8-18(23)25-12(3)13(4)26-19(24)15(20)9-14-6-7-16(21)17(22)10-14/h6-7,10-13,15,21-22H,5,8-9,20H2,1-4H3/t11?,12-,13-,15+/m1/s1. The summed E-state index contributed by atoms with van der Waals surface area (Å²) in [6.45, 7) is 7.27. The van der Waals surface area contributed by atoms with Gasteiger partial charge in [-0.15, -0.1) is 0 Å². The van der Waals surface area contributed by atoms with Crippen molar-refractivity contribution in [2.24, 2.45) is 11.7 Å². The molecule has 0 aliphatic carbocycles. The van der Waals surface area contributed by atoms with Gasteiger partial charge in [0.05, 0.1) is 0 Å². The van der Waals surface area contributed by atoms with Gasteiger partial charge in [0, 0.05) is 6.42 Å². The monoisotopic (exact) mass is 367 g/mol. The van der Waals surface area contributed by atoms with Gasteiger partial charge in [0.2, 0.25) is 0 Å². The second kappa shape index (κ2) is 10.0. The number of aromatic hydroxyl groups is 2. The minimum absolute atomic E-state index is 0.140. The van der Waals surface area contributed by atoms with Crippen molar-refractivity contribution in [1.82, 2.24) is 0 Å². The van der Waals surface area contributed by atoms with E-state index >= 15 is 0 Å². The molecule has 0 heterocycles. The molecule has 0 saturated heterocycles. The van der Waals surface area contributed by atoms with E-state index in [9.17, 15) is 19.8 Å². The molecule has 0 bridgehead atoms. The van der Waals surface area contributed by atoms with Crippen LogP contribution in [-0.2, 0) is 25.5 Å². The summed E-state index contributed by atoms with van der Waals surface area (Å²) < 4.78 is 10.6. The number of benzene rings is 1. The molecule has 0 spiro atoms. The number of hydrogen-bond acceptors (Lipinski definition) is 7. The molecule has 7 heteroatoms. The smallest absolute Gasteiger partial charge is 0.323 e. The van der Waals surface area contributed by atoms with Crippen molar-refractivity contribution in [2.75, 3.05) is 0 Å². The molecule has 1 unspecified atom stereocenters. The molecule has 4 atom stereocenters. The minimum atomic E-state index is -0.940. The quantitative estimate of drug-likeness (QED) is 0.452. The van der Waals surface area contributed by atoms with Gasteiger partial charge >= 0.3 is 11.9 Å². The molecule has 7 nitrogen and oxygen atoms in total. The summed E-state index contributed by atoms with van der Waals surface area (Å²) in [5, 5.41) is 18.8. The zero-order valence-corrected chi connectivity index (χ0v) is 15.8. The predicted octanol–water partition coefficient (Wildman–Crippen LogP) is 2.27. The first-order chi connectivity index (χ1) is 12.1. The molecule has 0 fully saturated rings. The second-order valence-electron chi connectivity index (χ2n) is 6.69. The number of ether oxygens (including phenoxy) is 2. The Bertz CT molecular complexity index is 618. The predicted molar refractivity (Wildman–Crippen MR) is 96.6 cm³/mol. The summed E-state index contributed by atoms with van der Waals surface area (Å²) in [6, 6.07) is 3.28. The fourth-order valence-electron chi connectivity index (χ4n) is 2.18. The SMILES string of the molecule is CCC(C)CC(=O)O[C@H](C)[C@@H](C)OC(=O)[C@@H](N)Cc1ccc(O)c(O)c1. The van der Waals surface area contributed by atoms with Crippen molar-refractivity contribution in [3.05, 3.63) is 23.8 Å². The van der Waals surface area contributed by atoms with E-state index in [2.05, 4.69) is 0 Å². The molecule has 0 aliphatic rings. The van der Waals surface area contributed by atoms with E-state index in [1.165, 1.54) is 12.1 Å². The van der Waals surface area contributed by atoms with Gasteiger partial charge in [-0.1, -0.05) is 26.3 Å². The second-order valence-corrected chi connectivity index (χ2v) is 6.69. The third kappa shape index (κ3) is 6.92. The summed E-state index contributed by atoms with van der Waals surface area (Å²) >= 11 is 0. The highest BCUT2D eigenvalue weighted by Crippen LogP contribution is 2.25. The Morgan fingerprint density at radius 3 is 2.27 bits per heavy atom. The molecule has 0 aliphatic heterocycles. The van der Waals surface area contributed by atoms with Crippen LogP contribution in [0.5, 0.6) is 11.5 Å². The lowest BCUT2D eigenvalue weighted by atomic mass is 10.1. The Kier molecular flexibility index (Phi) is 8.38. The fourth-order valence-corrected chi connectivity index (χ4v) is 2.18.